The van der Waals surface area contributed by atoms with Crippen LogP contribution in [0.3, 0.4) is 0 Å². The van der Waals surface area contributed by atoms with E-state index >= 15 is 0 Å². The molecule has 0 radical (unpaired) electrons. The molecule has 0 atom stereocenters. The third kappa shape index (κ3) is 4.57. The average molecular weight is 319 g/mol. The second kappa shape index (κ2) is 5.47. The zero-order valence-electron chi connectivity index (χ0n) is 7.41. The van der Waals surface area contributed by atoms with Crippen LogP contribution in [-0.4, -0.2) is 51.1 Å². The molecule has 0 aromatic heterocycles. The van der Waals surface area contributed by atoms with Gasteiger partial charge in [-0.05, 0) is 6.42 Å². The Bertz CT molecular complexity index is 228. The van der Waals surface area contributed by atoms with Crippen LogP contribution in [0.5, 0.6) is 0 Å². The van der Waals surface area contributed by atoms with E-state index in [0.717, 1.165) is 19.6 Å². The van der Waals surface area contributed by atoms with Gasteiger partial charge in [-0.25, -0.2) is 8.42 Å². The first-order valence-corrected chi connectivity index (χ1v) is 7.00. The topological polar surface area (TPSA) is 46.6 Å². The van der Waals surface area contributed by atoms with Gasteiger partial charge < -0.3 is 7.97 Å². The van der Waals surface area contributed by atoms with Crippen molar-refractivity contribution in [2.45, 2.75) is 6.42 Å². The molecule has 1 rings (SSSR count). The lowest BCUT2D eigenvalue weighted by Crippen LogP contribution is -2.40. The summed E-state index contributed by atoms with van der Waals surface area (Å²) in [7, 11) is -2.72. The van der Waals surface area contributed by atoms with Gasteiger partial charge in [0.15, 0.2) is 9.84 Å². The molecule has 6 heteroatoms. The van der Waals surface area contributed by atoms with Gasteiger partial charge in [-0.2, -0.15) is 0 Å². The van der Waals surface area contributed by atoms with Crippen LogP contribution in [0.25, 0.3) is 0 Å². The van der Waals surface area contributed by atoms with E-state index in [2.05, 4.69) is 4.90 Å². The third-order valence-electron chi connectivity index (χ3n) is 2.13. The Labute approximate surface area is 93.2 Å². The van der Waals surface area contributed by atoms with Crippen molar-refractivity contribution in [1.29, 1.82) is 0 Å². The highest BCUT2D eigenvalue weighted by Gasteiger charge is 2.20. The fourth-order valence-electron chi connectivity index (χ4n) is 1.32. The highest BCUT2D eigenvalue weighted by molar-refractivity contribution is 14.1. The molecule has 0 unspecified atom stereocenters. The van der Waals surface area contributed by atoms with Gasteiger partial charge in [0.2, 0.25) is 0 Å². The molecule has 1 aliphatic heterocycles. The van der Waals surface area contributed by atoms with Crippen LogP contribution in [-0.2, 0) is 12.9 Å². The van der Waals surface area contributed by atoms with Gasteiger partial charge in [0.1, 0.15) is 23.0 Å². The monoisotopic (exact) mass is 319 g/mol. The Morgan fingerprint density at radius 2 is 1.92 bits per heavy atom. The Morgan fingerprint density at radius 1 is 1.31 bits per heavy atom. The first-order chi connectivity index (χ1) is 6.14. The van der Waals surface area contributed by atoms with Crippen molar-refractivity contribution >= 4 is 32.8 Å². The third-order valence-corrected chi connectivity index (χ3v) is 4.18. The Hall–Kier alpha value is 0.600. The molecule has 1 saturated heterocycles. The van der Waals surface area contributed by atoms with E-state index in [1.54, 1.807) is 0 Å². The first-order valence-electron chi connectivity index (χ1n) is 4.30. The predicted octanol–water partition coefficient (Wildman–Crippen LogP) is 0.474. The highest BCUT2D eigenvalue weighted by atomic mass is 127. The zero-order valence-corrected chi connectivity index (χ0v) is 10.4. The van der Waals surface area contributed by atoms with Gasteiger partial charge >= 0.3 is 0 Å². The molecule has 1 fully saturated rings. The van der Waals surface area contributed by atoms with E-state index in [4.69, 9.17) is 3.07 Å². The largest absolute Gasteiger partial charge is 0.316 e. The number of rotatable bonds is 4. The molecule has 0 amide bonds. The lowest BCUT2D eigenvalue weighted by atomic mass is 10.4. The van der Waals surface area contributed by atoms with Crippen molar-refractivity contribution in [2.24, 2.45) is 0 Å². The van der Waals surface area contributed by atoms with Gasteiger partial charge in [0.05, 0.1) is 18.1 Å². The fourth-order valence-corrected chi connectivity index (χ4v) is 2.90. The standard InChI is InChI=1S/C7H14INO3S/c8-12-5-1-2-9-3-6-13(10,11)7-4-9/h1-7H2. The van der Waals surface area contributed by atoms with Crippen LogP contribution in [0.4, 0.5) is 0 Å². The summed E-state index contributed by atoms with van der Waals surface area (Å²) < 4.78 is 27.0. The molecular formula is C7H14INO3S. The molecule has 1 heterocycles. The maximum atomic E-state index is 11.1. The predicted molar refractivity (Wildman–Crippen MR) is 59.7 cm³/mol. The Balaban J connectivity index is 2.18. The van der Waals surface area contributed by atoms with Crippen LogP contribution in [0, 0.1) is 0 Å². The SMILES string of the molecule is O=S1(=O)CCN(CCCOI)CC1. The van der Waals surface area contributed by atoms with E-state index in [-0.39, 0.29) is 0 Å². The summed E-state index contributed by atoms with van der Waals surface area (Å²) in [4.78, 5) is 2.18. The Morgan fingerprint density at radius 3 is 2.46 bits per heavy atom. The molecule has 0 aliphatic carbocycles. The van der Waals surface area contributed by atoms with Crippen LogP contribution < -0.4 is 0 Å². The molecule has 0 saturated carbocycles. The zero-order chi connectivity index (χ0) is 9.73. The van der Waals surface area contributed by atoms with E-state index in [0.29, 0.717) is 24.6 Å². The van der Waals surface area contributed by atoms with Gasteiger partial charge in [0, 0.05) is 19.6 Å². The summed E-state index contributed by atoms with van der Waals surface area (Å²) in [5, 5.41) is 0. The summed E-state index contributed by atoms with van der Waals surface area (Å²) >= 11 is 1.87. The molecule has 0 aromatic carbocycles. The van der Waals surface area contributed by atoms with Crippen molar-refractivity contribution in [3.05, 3.63) is 0 Å². The maximum absolute atomic E-state index is 11.1. The van der Waals surface area contributed by atoms with E-state index in [1.165, 1.54) is 0 Å². The number of halogens is 1. The smallest absolute Gasteiger partial charge is 0.152 e. The minimum Gasteiger partial charge on any atom is -0.316 e. The van der Waals surface area contributed by atoms with Gasteiger partial charge in [-0.15, -0.1) is 0 Å². The lowest BCUT2D eigenvalue weighted by Gasteiger charge is -2.26. The number of sulfone groups is 1. The van der Waals surface area contributed by atoms with Crippen molar-refractivity contribution in [3.8, 4) is 0 Å². The highest BCUT2D eigenvalue weighted by Crippen LogP contribution is 2.04. The molecule has 0 bridgehead atoms. The Kier molecular flexibility index (Phi) is 4.91. The van der Waals surface area contributed by atoms with Gasteiger partial charge in [-0.3, -0.25) is 0 Å². The normalized spacial score (nSPS) is 23.2. The quantitative estimate of drug-likeness (QED) is 0.558. The molecule has 0 N–H and O–H groups in total. The fraction of sp³-hybridized carbons (Fsp3) is 1.00. The molecule has 4 nitrogen and oxygen atoms in total. The first kappa shape index (κ1) is 11.7. The van der Waals surface area contributed by atoms with Gasteiger partial charge in [-0.1, -0.05) is 0 Å². The molecular weight excluding hydrogens is 305 g/mol. The molecule has 78 valence electrons. The maximum Gasteiger partial charge on any atom is 0.152 e. The second-order valence-corrected chi connectivity index (χ2v) is 6.09. The van der Waals surface area contributed by atoms with Gasteiger partial charge in [0.25, 0.3) is 0 Å². The lowest BCUT2D eigenvalue weighted by molar-refractivity contribution is 0.270. The average Bonchev–Trinajstić information content (AvgIpc) is 2.08. The van der Waals surface area contributed by atoms with E-state index < -0.39 is 9.84 Å². The number of hydrogen-bond donors (Lipinski definition) is 0. The second-order valence-electron chi connectivity index (χ2n) is 3.16. The van der Waals surface area contributed by atoms with Crippen LogP contribution in [0.1, 0.15) is 6.42 Å². The summed E-state index contributed by atoms with van der Waals surface area (Å²) in [6.45, 7) is 3.05. The van der Waals surface area contributed by atoms with Crippen molar-refractivity contribution < 1.29 is 11.5 Å². The van der Waals surface area contributed by atoms with E-state index in [9.17, 15) is 8.42 Å². The summed E-state index contributed by atoms with van der Waals surface area (Å²) in [6, 6.07) is 0. The van der Waals surface area contributed by atoms with Crippen molar-refractivity contribution in [2.75, 3.05) is 37.7 Å². The molecule has 0 spiro atoms. The van der Waals surface area contributed by atoms with Crippen LogP contribution in [0.2, 0.25) is 0 Å². The summed E-state index contributed by atoms with van der Waals surface area (Å²) in [5.74, 6) is 0.635. The minimum atomic E-state index is -2.72. The molecule has 1 aliphatic rings. The summed E-state index contributed by atoms with van der Waals surface area (Å²) in [5.41, 5.74) is 0. The van der Waals surface area contributed by atoms with Crippen LogP contribution in [0.15, 0.2) is 0 Å². The number of hydrogen-bond acceptors (Lipinski definition) is 4. The molecule has 13 heavy (non-hydrogen) atoms. The summed E-state index contributed by atoms with van der Waals surface area (Å²) in [6.07, 6.45) is 0.975. The van der Waals surface area contributed by atoms with Crippen LogP contribution >= 0.6 is 23.0 Å². The number of nitrogens with zero attached hydrogens (tertiary/aromatic N) is 1. The minimum absolute atomic E-state index is 0.318. The molecule has 0 aromatic rings. The van der Waals surface area contributed by atoms with E-state index in [1.807, 2.05) is 23.0 Å². The van der Waals surface area contributed by atoms with Crippen molar-refractivity contribution in [3.63, 3.8) is 0 Å². The van der Waals surface area contributed by atoms with Crippen molar-refractivity contribution in [1.82, 2.24) is 4.90 Å².